The third-order valence-electron chi connectivity index (χ3n) is 7.00. The molecule has 9 nitrogen and oxygen atoms in total. The molecule has 1 aromatic carbocycles. The standard InChI is InChI=1S/C28H36N8O/c1-18-13-25(36(34-18)28(2,3)4)33-27(37)32-22-9-5-7-19(14-22)20-8-6-12-35(16-20)26-23-11-10-21(29)15-24(23)30-17-31-26/h5,7,9-11,13-14,17,20,24H,6,8,12,15-16,29H2,1-4H3,(H2,32,33,37). The molecule has 2 amide bonds. The zero-order valence-electron chi connectivity index (χ0n) is 22.0. The fourth-order valence-corrected chi connectivity index (χ4v) is 5.26. The van der Waals surface area contributed by atoms with Gasteiger partial charge >= 0.3 is 6.03 Å². The molecule has 0 spiro atoms. The van der Waals surface area contributed by atoms with E-state index in [1.165, 1.54) is 5.56 Å². The van der Waals surface area contributed by atoms with E-state index in [1.807, 2.05) is 35.9 Å². The second kappa shape index (κ2) is 9.88. The number of nitrogens with zero attached hydrogens (tertiary/aromatic N) is 5. The molecule has 1 saturated heterocycles. The number of nitrogens with one attached hydrogen (secondary N) is 2. The number of rotatable bonds is 3. The molecule has 1 fully saturated rings. The molecule has 0 radical (unpaired) electrons. The minimum atomic E-state index is -0.286. The van der Waals surface area contributed by atoms with Gasteiger partial charge in [0, 0.05) is 48.5 Å². The molecule has 0 saturated carbocycles. The number of piperidine rings is 1. The van der Waals surface area contributed by atoms with Crippen LogP contribution in [0.1, 0.15) is 57.2 Å². The Kier molecular flexibility index (Phi) is 6.62. The molecule has 3 aliphatic rings. The Morgan fingerprint density at radius 3 is 2.81 bits per heavy atom. The van der Waals surface area contributed by atoms with Crippen LogP contribution in [-0.2, 0) is 5.54 Å². The average molecular weight is 501 g/mol. The first kappa shape index (κ1) is 24.8. The Morgan fingerprint density at radius 2 is 2.00 bits per heavy atom. The normalized spacial score (nSPS) is 21.5. The summed E-state index contributed by atoms with van der Waals surface area (Å²) in [5, 5.41) is 10.5. The molecule has 2 aromatic rings. The lowest BCUT2D eigenvalue weighted by Crippen LogP contribution is -2.43. The van der Waals surface area contributed by atoms with Gasteiger partial charge in [-0.05, 0) is 64.3 Å². The number of hydrogen-bond donors (Lipinski definition) is 3. The zero-order chi connectivity index (χ0) is 26.2. The topological polar surface area (TPSA) is 113 Å². The number of nitrogens with two attached hydrogens (primary N) is 1. The van der Waals surface area contributed by atoms with Crippen LogP contribution in [0.25, 0.3) is 0 Å². The zero-order valence-corrected chi connectivity index (χ0v) is 22.0. The maximum Gasteiger partial charge on any atom is 0.324 e. The highest BCUT2D eigenvalue weighted by atomic mass is 16.2. The first-order valence-corrected chi connectivity index (χ1v) is 12.9. The Balaban J connectivity index is 1.28. The third kappa shape index (κ3) is 5.45. The van der Waals surface area contributed by atoms with Crippen LogP contribution in [0.4, 0.5) is 16.3 Å². The van der Waals surface area contributed by atoms with Gasteiger partial charge in [-0.15, -0.1) is 0 Å². The summed E-state index contributed by atoms with van der Waals surface area (Å²) in [6.07, 6.45) is 8.62. The van der Waals surface area contributed by atoms with E-state index in [1.54, 1.807) is 6.34 Å². The summed E-state index contributed by atoms with van der Waals surface area (Å²) in [6, 6.07) is 9.81. The number of benzene rings is 1. The predicted molar refractivity (Wildman–Crippen MR) is 149 cm³/mol. The van der Waals surface area contributed by atoms with Crippen molar-refractivity contribution in [2.45, 2.75) is 64.5 Å². The van der Waals surface area contributed by atoms with E-state index in [0.29, 0.717) is 11.7 Å². The first-order chi connectivity index (χ1) is 17.7. The Bertz CT molecular complexity index is 1310. The van der Waals surface area contributed by atoms with Crippen LogP contribution in [0.3, 0.4) is 0 Å². The summed E-state index contributed by atoms with van der Waals surface area (Å²) >= 11 is 0. The highest BCUT2D eigenvalue weighted by Crippen LogP contribution is 2.32. The summed E-state index contributed by atoms with van der Waals surface area (Å²) in [4.78, 5) is 24.4. The monoisotopic (exact) mass is 500 g/mol. The molecule has 4 N–H and O–H groups in total. The van der Waals surface area contributed by atoms with E-state index in [9.17, 15) is 4.79 Å². The summed E-state index contributed by atoms with van der Waals surface area (Å²) in [5.41, 5.74) is 10.6. The number of aromatic nitrogens is 2. The van der Waals surface area contributed by atoms with E-state index in [4.69, 9.17) is 5.73 Å². The van der Waals surface area contributed by atoms with Crippen molar-refractivity contribution in [2.75, 3.05) is 23.7 Å². The van der Waals surface area contributed by atoms with Crippen LogP contribution >= 0.6 is 0 Å². The van der Waals surface area contributed by atoms with Gasteiger partial charge in [-0.1, -0.05) is 18.2 Å². The average Bonchev–Trinajstić information content (AvgIpc) is 3.24. The third-order valence-corrected chi connectivity index (χ3v) is 7.00. The van der Waals surface area contributed by atoms with Crippen LogP contribution in [-0.4, -0.2) is 52.0 Å². The van der Waals surface area contributed by atoms with Crippen LogP contribution in [0, 0.1) is 6.92 Å². The molecule has 5 rings (SSSR count). The molecule has 194 valence electrons. The molecule has 3 heterocycles. The number of hydrogen-bond acceptors (Lipinski definition) is 6. The van der Waals surface area contributed by atoms with Gasteiger partial charge in [-0.2, -0.15) is 5.10 Å². The number of aliphatic imine (C=N–C) groups is 2. The Hall–Kier alpha value is -3.88. The van der Waals surface area contributed by atoms with E-state index in [0.717, 1.165) is 60.8 Å². The van der Waals surface area contributed by atoms with Crippen LogP contribution in [0.5, 0.6) is 0 Å². The fraction of sp³-hybridized carbons (Fsp3) is 0.429. The van der Waals surface area contributed by atoms with E-state index in [2.05, 4.69) is 69.6 Å². The number of carbonyl (C=O) groups excluding carboxylic acids is 1. The molecule has 1 aliphatic carbocycles. The van der Waals surface area contributed by atoms with E-state index >= 15 is 0 Å². The lowest BCUT2D eigenvalue weighted by Gasteiger charge is -2.38. The summed E-state index contributed by atoms with van der Waals surface area (Å²) in [7, 11) is 0. The number of amidine groups is 1. The smallest absolute Gasteiger partial charge is 0.324 e. The Morgan fingerprint density at radius 1 is 1.16 bits per heavy atom. The predicted octanol–water partition coefficient (Wildman–Crippen LogP) is 4.75. The van der Waals surface area contributed by atoms with Crippen molar-refractivity contribution in [1.29, 1.82) is 0 Å². The maximum atomic E-state index is 12.9. The molecule has 1 aromatic heterocycles. The number of fused-ring (bicyclic) bond motifs is 1. The van der Waals surface area contributed by atoms with Crippen molar-refractivity contribution in [3.63, 3.8) is 0 Å². The number of carbonyl (C=O) groups is 1. The minimum Gasteiger partial charge on any atom is -0.402 e. The maximum absolute atomic E-state index is 12.9. The van der Waals surface area contributed by atoms with Gasteiger partial charge < -0.3 is 16.0 Å². The SMILES string of the molecule is Cc1cc(NC(=O)Nc2cccc(C3CCCN(C4=NC=NC5CC(N)=CC=C45)C3)c2)n(C(C)(C)C)n1. The molecule has 2 atom stereocenters. The van der Waals surface area contributed by atoms with Gasteiger partial charge in [0.2, 0.25) is 0 Å². The highest BCUT2D eigenvalue weighted by Gasteiger charge is 2.31. The highest BCUT2D eigenvalue weighted by molar-refractivity contribution is 6.05. The fourth-order valence-electron chi connectivity index (χ4n) is 5.26. The van der Waals surface area contributed by atoms with Gasteiger partial charge in [0.25, 0.3) is 0 Å². The van der Waals surface area contributed by atoms with Crippen LogP contribution < -0.4 is 16.4 Å². The van der Waals surface area contributed by atoms with Gasteiger partial charge in [0.15, 0.2) is 0 Å². The van der Waals surface area contributed by atoms with Crippen molar-refractivity contribution in [3.8, 4) is 0 Å². The summed E-state index contributed by atoms with van der Waals surface area (Å²) in [6.45, 7) is 9.93. The van der Waals surface area contributed by atoms with Gasteiger partial charge in [-0.25, -0.2) is 14.5 Å². The van der Waals surface area contributed by atoms with Crippen molar-refractivity contribution < 1.29 is 4.79 Å². The molecular weight excluding hydrogens is 464 g/mol. The number of likely N-dealkylation sites (tertiary alicyclic amines) is 1. The second-order valence-electron chi connectivity index (χ2n) is 11.0. The van der Waals surface area contributed by atoms with Crippen LogP contribution in [0.2, 0.25) is 0 Å². The molecule has 9 heteroatoms. The van der Waals surface area contributed by atoms with Crippen LogP contribution in [0.15, 0.2) is 63.7 Å². The number of aryl methyl sites for hydroxylation is 1. The van der Waals surface area contributed by atoms with Crippen molar-refractivity contribution in [1.82, 2.24) is 14.7 Å². The molecule has 2 unspecified atom stereocenters. The molecule has 37 heavy (non-hydrogen) atoms. The summed E-state index contributed by atoms with van der Waals surface area (Å²) < 4.78 is 1.84. The molecular formula is C28H36N8O. The molecule has 2 aliphatic heterocycles. The first-order valence-electron chi connectivity index (χ1n) is 12.9. The van der Waals surface area contributed by atoms with Gasteiger partial charge in [0.05, 0.1) is 17.3 Å². The van der Waals surface area contributed by atoms with Crippen molar-refractivity contribution >= 4 is 29.7 Å². The minimum absolute atomic E-state index is 0.0577. The number of urea groups is 1. The van der Waals surface area contributed by atoms with Crippen molar-refractivity contribution in [3.05, 3.63) is 65.0 Å². The van der Waals surface area contributed by atoms with E-state index in [-0.39, 0.29) is 17.6 Å². The van der Waals surface area contributed by atoms with Gasteiger partial charge in [-0.3, -0.25) is 10.3 Å². The van der Waals surface area contributed by atoms with E-state index < -0.39 is 0 Å². The van der Waals surface area contributed by atoms with Crippen molar-refractivity contribution in [2.24, 2.45) is 15.7 Å². The molecule has 0 bridgehead atoms. The Labute approximate surface area is 218 Å². The lowest BCUT2D eigenvalue weighted by molar-refractivity contribution is 0.261. The van der Waals surface area contributed by atoms with Gasteiger partial charge in [0.1, 0.15) is 18.0 Å². The lowest BCUT2D eigenvalue weighted by atomic mass is 9.88. The quantitative estimate of drug-likeness (QED) is 0.564. The number of allylic oxidation sites excluding steroid dienone is 2. The second-order valence-corrected chi connectivity index (χ2v) is 11.0. The largest absolute Gasteiger partial charge is 0.402 e. The number of amides is 2. The summed E-state index contributed by atoms with van der Waals surface area (Å²) in [5.74, 6) is 2.02. The number of anilines is 2.